The molecule has 4 heteroatoms. The van der Waals surface area contributed by atoms with Crippen LogP contribution in [0.3, 0.4) is 0 Å². The van der Waals surface area contributed by atoms with Gasteiger partial charge in [-0.05, 0) is 27.2 Å². The summed E-state index contributed by atoms with van der Waals surface area (Å²) in [6, 6.07) is -0.274. The van der Waals surface area contributed by atoms with Gasteiger partial charge in [0.05, 0.1) is 6.04 Å². The Bertz CT molecular complexity index is 322. The summed E-state index contributed by atoms with van der Waals surface area (Å²) in [5.74, 6) is 0.219. The van der Waals surface area contributed by atoms with Crippen molar-refractivity contribution in [1.82, 2.24) is 10.2 Å². The summed E-state index contributed by atoms with van der Waals surface area (Å²) < 4.78 is 0. The number of amides is 1. The number of Topliss-reactive ketones (excluding diaryl/α,β-unsaturated/α-hetero) is 1. The van der Waals surface area contributed by atoms with Crippen molar-refractivity contribution >= 4 is 11.7 Å². The molecular weight excluding hydrogens is 240 g/mol. The quantitative estimate of drug-likeness (QED) is 0.833. The van der Waals surface area contributed by atoms with Crippen molar-refractivity contribution in [2.24, 2.45) is 5.41 Å². The zero-order valence-electron chi connectivity index (χ0n) is 13.8. The standard InChI is InChI=1S/C15H30N2O2/c1-14(2,3)13(19)11(16-15(4,5)6)9-10-12(18)17(7)8/h11,16H,9-10H2,1-8H3. The lowest BCUT2D eigenvalue weighted by Gasteiger charge is -2.32. The molecule has 0 aliphatic heterocycles. The van der Waals surface area contributed by atoms with Gasteiger partial charge in [-0.3, -0.25) is 9.59 Å². The van der Waals surface area contributed by atoms with E-state index in [1.165, 1.54) is 0 Å². The van der Waals surface area contributed by atoms with E-state index in [4.69, 9.17) is 0 Å². The molecule has 0 aromatic heterocycles. The Hall–Kier alpha value is -0.900. The van der Waals surface area contributed by atoms with E-state index in [1.54, 1.807) is 19.0 Å². The normalized spacial score (nSPS) is 14.1. The molecule has 0 saturated heterocycles. The summed E-state index contributed by atoms with van der Waals surface area (Å²) in [7, 11) is 3.47. The summed E-state index contributed by atoms with van der Waals surface area (Å²) in [6.07, 6.45) is 0.937. The fourth-order valence-electron chi connectivity index (χ4n) is 1.81. The van der Waals surface area contributed by atoms with E-state index in [9.17, 15) is 9.59 Å². The van der Waals surface area contributed by atoms with E-state index in [1.807, 2.05) is 41.5 Å². The van der Waals surface area contributed by atoms with Crippen molar-refractivity contribution in [3.8, 4) is 0 Å². The van der Waals surface area contributed by atoms with Gasteiger partial charge < -0.3 is 10.2 Å². The van der Waals surface area contributed by atoms with Gasteiger partial charge in [-0.25, -0.2) is 0 Å². The van der Waals surface area contributed by atoms with Gasteiger partial charge in [-0.2, -0.15) is 0 Å². The zero-order chi connectivity index (χ0) is 15.4. The fourth-order valence-corrected chi connectivity index (χ4v) is 1.81. The van der Waals surface area contributed by atoms with Gasteiger partial charge in [0, 0.05) is 31.5 Å². The monoisotopic (exact) mass is 270 g/mol. The van der Waals surface area contributed by atoms with Crippen molar-refractivity contribution in [3.63, 3.8) is 0 Å². The molecule has 0 saturated carbocycles. The molecule has 1 atom stereocenters. The Balaban J connectivity index is 4.79. The predicted molar refractivity (Wildman–Crippen MR) is 79.1 cm³/mol. The lowest BCUT2D eigenvalue weighted by molar-refractivity contribution is -0.131. The van der Waals surface area contributed by atoms with Gasteiger partial charge in [0.25, 0.3) is 0 Å². The number of hydrogen-bond acceptors (Lipinski definition) is 3. The third kappa shape index (κ3) is 7.31. The Labute approximate surface area is 117 Å². The van der Waals surface area contributed by atoms with E-state index >= 15 is 0 Å². The van der Waals surface area contributed by atoms with Crippen molar-refractivity contribution in [3.05, 3.63) is 0 Å². The van der Waals surface area contributed by atoms with Gasteiger partial charge in [0.1, 0.15) is 0 Å². The number of rotatable bonds is 5. The number of ketones is 1. The van der Waals surface area contributed by atoms with Crippen LogP contribution in [0.2, 0.25) is 0 Å². The van der Waals surface area contributed by atoms with Crippen LogP contribution in [0.1, 0.15) is 54.4 Å². The average Bonchev–Trinajstić information content (AvgIpc) is 2.19. The highest BCUT2D eigenvalue weighted by Crippen LogP contribution is 2.20. The number of nitrogens with zero attached hydrogens (tertiary/aromatic N) is 1. The Morgan fingerprint density at radius 2 is 1.53 bits per heavy atom. The second kappa shape index (κ2) is 6.51. The molecule has 0 heterocycles. The smallest absolute Gasteiger partial charge is 0.222 e. The summed E-state index contributed by atoms with van der Waals surface area (Å²) in [4.78, 5) is 25.7. The molecule has 0 aromatic rings. The molecule has 1 unspecified atom stereocenters. The van der Waals surface area contributed by atoms with Crippen molar-refractivity contribution < 1.29 is 9.59 Å². The second-order valence-corrected chi connectivity index (χ2v) is 7.39. The number of nitrogens with one attached hydrogen (secondary N) is 1. The summed E-state index contributed by atoms with van der Waals surface area (Å²) in [5, 5.41) is 3.34. The first kappa shape index (κ1) is 18.1. The Morgan fingerprint density at radius 1 is 1.05 bits per heavy atom. The van der Waals surface area contributed by atoms with Crippen LogP contribution < -0.4 is 5.32 Å². The highest BCUT2D eigenvalue weighted by molar-refractivity contribution is 5.89. The van der Waals surface area contributed by atoms with Crippen LogP contribution in [0.15, 0.2) is 0 Å². The molecule has 0 aromatic carbocycles. The molecular formula is C15H30N2O2. The minimum absolute atomic E-state index is 0.0578. The Morgan fingerprint density at radius 3 is 1.84 bits per heavy atom. The van der Waals surface area contributed by atoms with Crippen LogP contribution in [0.4, 0.5) is 0 Å². The van der Waals surface area contributed by atoms with Crippen molar-refractivity contribution in [2.45, 2.75) is 66.0 Å². The van der Waals surface area contributed by atoms with Crippen LogP contribution in [-0.2, 0) is 9.59 Å². The number of carbonyl (C=O) groups is 2. The molecule has 0 rings (SSSR count). The van der Waals surface area contributed by atoms with Crippen molar-refractivity contribution in [1.29, 1.82) is 0 Å². The molecule has 4 nitrogen and oxygen atoms in total. The van der Waals surface area contributed by atoms with Gasteiger partial charge in [0.2, 0.25) is 5.91 Å². The first-order chi connectivity index (χ1) is 8.34. The molecule has 112 valence electrons. The largest absolute Gasteiger partial charge is 0.349 e. The van der Waals surface area contributed by atoms with Gasteiger partial charge in [0.15, 0.2) is 5.78 Å². The van der Waals surface area contributed by atoms with E-state index in [0.29, 0.717) is 12.8 Å². The molecule has 0 fully saturated rings. The molecule has 19 heavy (non-hydrogen) atoms. The average molecular weight is 270 g/mol. The fraction of sp³-hybridized carbons (Fsp3) is 0.867. The zero-order valence-corrected chi connectivity index (χ0v) is 13.8. The van der Waals surface area contributed by atoms with E-state index in [2.05, 4.69) is 5.32 Å². The minimum Gasteiger partial charge on any atom is -0.349 e. The first-order valence-corrected chi connectivity index (χ1v) is 6.87. The van der Waals surface area contributed by atoms with Gasteiger partial charge in [-0.1, -0.05) is 20.8 Å². The van der Waals surface area contributed by atoms with Gasteiger partial charge in [-0.15, -0.1) is 0 Å². The molecule has 0 radical (unpaired) electrons. The molecule has 0 aliphatic rings. The summed E-state index contributed by atoms with van der Waals surface area (Å²) >= 11 is 0. The highest BCUT2D eigenvalue weighted by atomic mass is 16.2. The SMILES string of the molecule is CN(C)C(=O)CCC(NC(C)(C)C)C(=O)C(C)(C)C. The molecule has 1 N–H and O–H groups in total. The third-order valence-corrected chi connectivity index (χ3v) is 2.81. The minimum atomic E-state index is -0.399. The van der Waals surface area contributed by atoms with E-state index in [0.717, 1.165) is 0 Å². The van der Waals surface area contributed by atoms with E-state index in [-0.39, 0.29) is 23.3 Å². The Kier molecular flexibility index (Phi) is 6.20. The molecule has 0 bridgehead atoms. The molecule has 0 spiro atoms. The molecule has 0 aliphatic carbocycles. The first-order valence-electron chi connectivity index (χ1n) is 6.87. The lowest BCUT2D eigenvalue weighted by atomic mass is 9.84. The highest BCUT2D eigenvalue weighted by Gasteiger charge is 2.32. The maximum Gasteiger partial charge on any atom is 0.222 e. The maximum atomic E-state index is 12.4. The summed E-state index contributed by atoms with van der Waals surface area (Å²) in [6.45, 7) is 11.8. The topological polar surface area (TPSA) is 49.4 Å². The maximum absolute atomic E-state index is 12.4. The van der Waals surface area contributed by atoms with Crippen LogP contribution >= 0.6 is 0 Å². The van der Waals surface area contributed by atoms with Crippen LogP contribution in [0, 0.1) is 5.41 Å². The summed E-state index contributed by atoms with van der Waals surface area (Å²) in [5.41, 5.74) is -0.545. The number of hydrogen-bond donors (Lipinski definition) is 1. The number of carbonyl (C=O) groups excluding carboxylic acids is 2. The van der Waals surface area contributed by atoms with Crippen molar-refractivity contribution in [2.75, 3.05) is 14.1 Å². The lowest BCUT2D eigenvalue weighted by Crippen LogP contribution is -2.51. The van der Waals surface area contributed by atoms with Crippen LogP contribution in [0.25, 0.3) is 0 Å². The van der Waals surface area contributed by atoms with Crippen LogP contribution in [0.5, 0.6) is 0 Å². The van der Waals surface area contributed by atoms with Gasteiger partial charge >= 0.3 is 0 Å². The van der Waals surface area contributed by atoms with Crippen LogP contribution in [-0.4, -0.2) is 42.3 Å². The predicted octanol–water partition coefficient (Wildman–Crippen LogP) is 2.23. The van der Waals surface area contributed by atoms with E-state index < -0.39 is 5.41 Å². The second-order valence-electron chi connectivity index (χ2n) is 7.39. The third-order valence-electron chi connectivity index (χ3n) is 2.81. The molecule has 1 amide bonds.